The molecule has 0 amide bonds. The molecule has 0 unspecified atom stereocenters. The number of benzene rings is 1. The van der Waals surface area contributed by atoms with Crippen LogP contribution < -0.4 is 0 Å². The number of aryl methyl sites for hydroxylation is 1. The molecular formula is C21H32N4O. The van der Waals surface area contributed by atoms with Gasteiger partial charge in [0.15, 0.2) is 0 Å². The Labute approximate surface area is 157 Å². The van der Waals surface area contributed by atoms with Crippen LogP contribution in [0.15, 0.2) is 36.5 Å². The molecule has 5 nitrogen and oxygen atoms in total. The lowest BCUT2D eigenvalue weighted by Gasteiger charge is -2.41. The highest BCUT2D eigenvalue weighted by atomic mass is 16.2. The van der Waals surface area contributed by atoms with Gasteiger partial charge in [-0.1, -0.05) is 18.2 Å². The summed E-state index contributed by atoms with van der Waals surface area (Å²) in [5.41, 5.74) is 3.52. The van der Waals surface area contributed by atoms with Gasteiger partial charge in [0, 0.05) is 37.5 Å². The third-order valence-corrected chi connectivity index (χ3v) is 5.59. The van der Waals surface area contributed by atoms with Gasteiger partial charge in [-0.05, 0) is 64.9 Å². The van der Waals surface area contributed by atoms with Gasteiger partial charge >= 0.3 is 0 Å². The van der Waals surface area contributed by atoms with Gasteiger partial charge in [0.2, 0.25) is 0 Å². The molecule has 2 aromatic rings. The number of likely N-dealkylation sites (tertiary alicyclic amines) is 1. The molecule has 0 spiro atoms. The highest BCUT2D eigenvalue weighted by molar-refractivity contribution is 5.32. The molecule has 2 heterocycles. The normalized spacial score (nSPS) is 21.4. The fourth-order valence-corrected chi connectivity index (χ4v) is 4.16. The number of para-hydroxylation sites is 1. The zero-order chi connectivity index (χ0) is 18.5. The summed E-state index contributed by atoms with van der Waals surface area (Å²) in [7, 11) is 4.36. The predicted octanol–water partition coefficient (Wildman–Crippen LogP) is 2.71. The van der Waals surface area contributed by atoms with E-state index in [-0.39, 0.29) is 0 Å². The molecule has 1 aliphatic heterocycles. The lowest BCUT2D eigenvalue weighted by atomic mass is 9.87. The van der Waals surface area contributed by atoms with Gasteiger partial charge in [-0.25, -0.2) is 4.68 Å². The number of hydrogen-bond donors (Lipinski definition) is 1. The summed E-state index contributed by atoms with van der Waals surface area (Å²) in [6, 6.07) is 10.9. The first-order valence-electron chi connectivity index (χ1n) is 9.68. The fraction of sp³-hybridized carbons (Fsp3) is 0.571. The van der Waals surface area contributed by atoms with Crippen LogP contribution in [0.1, 0.15) is 30.5 Å². The molecule has 1 N–H and O–H groups in total. The average Bonchev–Trinajstić information content (AvgIpc) is 3.01. The number of piperidine rings is 1. The smallest absolute Gasteiger partial charge is 0.0645 e. The molecule has 1 aliphatic rings. The highest BCUT2D eigenvalue weighted by Crippen LogP contribution is 2.26. The number of aliphatic hydroxyl groups is 1. The van der Waals surface area contributed by atoms with Crippen molar-refractivity contribution in [3.8, 4) is 5.69 Å². The molecule has 0 bridgehead atoms. The van der Waals surface area contributed by atoms with Crippen LogP contribution in [0.3, 0.4) is 0 Å². The standard InChI is InChI=1S/C21H32N4O/c1-17-19(16-25(22-17)20-9-5-4-6-10-20)15-24-12-11-21(23(2)3)18(14-24)8-7-13-26/h4-6,9-10,16,18,21,26H,7-8,11-15H2,1-3H3/t18-,21+/m0/s1. The molecule has 0 saturated carbocycles. The molecular weight excluding hydrogens is 324 g/mol. The summed E-state index contributed by atoms with van der Waals surface area (Å²) >= 11 is 0. The molecule has 26 heavy (non-hydrogen) atoms. The molecule has 1 saturated heterocycles. The minimum Gasteiger partial charge on any atom is -0.396 e. The van der Waals surface area contributed by atoms with Crippen LogP contribution in [0.4, 0.5) is 0 Å². The molecule has 1 aromatic heterocycles. The summed E-state index contributed by atoms with van der Waals surface area (Å²) < 4.78 is 1.99. The molecule has 1 fully saturated rings. The van der Waals surface area contributed by atoms with E-state index in [1.165, 1.54) is 12.0 Å². The number of aromatic nitrogens is 2. The van der Waals surface area contributed by atoms with E-state index in [1.807, 2.05) is 22.9 Å². The Morgan fingerprint density at radius 2 is 2.00 bits per heavy atom. The van der Waals surface area contributed by atoms with E-state index < -0.39 is 0 Å². The van der Waals surface area contributed by atoms with Crippen molar-refractivity contribution >= 4 is 0 Å². The summed E-state index contributed by atoms with van der Waals surface area (Å²) in [6.07, 6.45) is 5.35. The van der Waals surface area contributed by atoms with Gasteiger partial charge in [0.25, 0.3) is 0 Å². The Balaban J connectivity index is 1.68. The molecule has 3 rings (SSSR count). The molecule has 1 aromatic carbocycles. The number of hydrogen-bond acceptors (Lipinski definition) is 4. The van der Waals surface area contributed by atoms with Gasteiger partial charge in [-0.3, -0.25) is 4.90 Å². The van der Waals surface area contributed by atoms with Crippen molar-refractivity contribution in [2.24, 2.45) is 5.92 Å². The van der Waals surface area contributed by atoms with Gasteiger partial charge < -0.3 is 10.0 Å². The molecule has 0 aliphatic carbocycles. The van der Waals surface area contributed by atoms with E-state index in [9.17, 15) is 5.11 Å². The second kappa shape index (κ2) is 8.80. The minimum atomic E-state index is 0.291. The first-order chi connectivity index (χ1) is 12.6. The minimum absolute atomic E-state index is 0.291. The van der Waals surface area contributed by atoms with Crippen molar-refractivity contribution in [2.45, 2.75) is 38.8 Å². The van der Waals surface area contributed by atoms with Crippen LogP contribution in [0, 0.1) is 12.8 Å². The monoisotopic (exact) mass is 356 g/mol. The van der Waals surface area contributed by atoms with Crippen LogP contribution in [-0.4, -0.2) is 64.5 Å². The van der Waals surface area contributed by atoms with Crippen LogP contribution >= 0.6 is 0 Å². The van der Waals surface area contributed by atoms with Gasteiger partial charge in [0.05, 0.1) is 11.4 Å². The maximum Gasteiger partial charge on any atom is 0.0645 e. The summed E-state index contributed by atoms with van der Waals surface area (Å²) in [6.45, 7) is 5.56. The van der Waals surface area contributed by atoms with Crippen molar-refractivity contribution in [3.63, 3.8) is 0 Å². The maximum atomic E-state index is 9.23. The number of aliphatic hydroxyl groups excluding tert-OH is 1. The van der Waals surface area contributed by atoms with Gasteiger partial charge in [0.1, 0.15) is 0 Å². The Morgan fingerprint density at radius 1 is 1.23 bits per heavy atom. The van der Waals surface area contributed by atoms with Gasteiger partial charge in [-0.2, -0.15) is 5.10 Å². The van der Waals surface area contributed by atoms with E-state index in [1.54, 1.807) is 0 Å². The fourth-order valence-electron chi connectivity index (χ4n) is 4.16. The molecule has 2 atom stereocenters. The second-order valence-corrected chi connectivity index (χ2v) is 7.70. The van der Waals surface area contributed by atoms with E-state index in [2.05, 4.69) is 49.1 Å². The van der Waals surface area contributed by atoms with Crippen LogP contribution in [0.2, 0.25) is 0 Å². The average molecular weight is 357 g/mol. The van der Waals surface area contributed by atoms with Crippen molar-refractivity contribution in [1.82, 2.24) is 19.6 Å². The summed E-state index contributed by atoms with van der Waals surface area (Å²) in [4.78, 5) is 4.92. The summed E-state index contributed by atoms with van der Waals surface area (Å²) in [5.74, 6) is 0.621. The zero-order valence-electron chi connectivity index (χ0n) is 16.3. The van der Waals surface area contributed by atoms with Crippen molar-refractivity contribution in [2.75, 3.05) is 33.8 Å². The second-order valence-electron chi connectivity index (χ2n) is 7.70. The van der Waals surface area contributed by atoms with E-state index >= 15 is 0 Å². The lowest BCUT2D eigenvalue weighted by Crippen LogP contribution is -2.48. The van der Waals surface area contributed by atoms with Crippen LogP contribution in [0.5, 0.6) is 0 Å². The quantitative estimate of drug-likeness (QED) is 0.828. The topological polar surface area (TPSA) is 44.5 Å². The van der Waals surface area contributed by atoms with E-state index in [0.29, 0.717) is 18.6 Å². The van der Waals surface area contributed by atoms with E-state index in [4.69, 9.17) is 5.10 Å². The SMILES string of the molecule is Cc1nn(-c2ccccc2)cc1CN1CC[C@@H](N(C)C)[C@@H](CCCO)C1. The maximum absolute atomic E-state index is 9.23. The number of nitrogens with zero attached hydrogens (tertiary/aromatic N) is 4. The van der Waals surface area contributed by atoms with Gasteiger partial charge in [-0.15, -0.1) is 0 Å². The third-order valence-electron chi connectivity index (χ3n) is 5.59. The van der Waals surface area contributed by atoms with Crippen LogP contribution in [-0.2, 0) is 6.54 Å². The lowest BCUT2D eigenvalue weighted by molar-refractivity contribution is 0.0716. The third kappa shape index (κ3) is 4.53. The van der Waals surface area contributed by atoms with Crippen LogP contribution in [0.25, 0.3) is 5.69 Å². The first kappa shape index (κ1) is 19.1. The molecule has 5 heteroatoms. The Hall–Kier alpha value is -1.69. The van der Waals surface area contributed by atoms with Crippen molar-refractivity contribution in [1.29, 1.82) is 0 Å². The Morgan fingerprint density at radius 3 is 2.69 bits per heavy atom. The largest absolute Gasteiger partial charge is 0.396 e. The van der Waals surface area contributed by atoms with Crippen molar-refractivity contribution < 1.29 is 5.11 Å². The highest BCUT2D eigenvalue weighted by Gasteiger charge is 2.30. The Kier molecular flexibility index (Phi) is 6.46. The predicted molar refractivity (Wildman–Crippen MR) is 105 cm³/mol. The Bertz CT molecular complexity index is 683. The number of rotatable bonds is 7. The molecule has 142 valence electrons. The van der Waals surface area contributed by atoms with Crippen molar-refractivity contribution in [3.05, 3.63) is 47.8 Å². The zero-order valence-corrected chi connectivity index (χ0v) is 16.3. The van der Waals surface area contributed by atoms with E-state index in [0.717, 1.165) is 43.9 Å². The summed E-state index contributed by atoms with van der Waals surface area (Å²) in [5, 5.41) is 13.9. The molecule has 0 radical (unpaired) electrons. The first-order valence-corrected chi connectivity index (χ1v) is 9.68.